The maximum absolute atomic E-state index is 13.2. The number of fused-ring (bicyclic) bond motifs is 5. The molecule has 0 aromatic heterocycles. The van der Waals surface area contributed by atoms with Crippen molar-refractivity contribution >= 4 is 6.09 Å². The molecule has 1 saturated carbocycles. The lowest BCUT2D eigenvalue weighted by molar-refractivity contribution is -0.136. The van der Waals surface area contributed by atoms with Crippen molar-refractivity contribution in [3.63, 3.8) is 0 Å². The maximum atomic E-state index is 13.2. The zero-order valence-corrected chi connectivity index (χ0v) is 17.7. The Balaban J connectivity index is 1.18. The second-order valence-corrected chi connectivity index (χ2v) is 9.84. The molecule has 2 aromatic carbocycles. The zero-order valence-electron chi connectivity index (χ0n) is 17.7. The molecule has 0 radical (unpaired) electrons. The average Bonchev–Trinajstić information content (AvgIpc) is 3.51. The number of hydrogen-bond donors (Lipinski definition) is 1. The van der Waals surface area contributed by atoms with Gasteiger partial charge in [-0.15, -0.1) is 0 Å². The van der Waals surface area contributed by atoms with Gasteiger partial charge in [0.15, 0.2) is 0 Å². The van der Waals surface area contributed by atoms with E-state index in [0.29, 0.717) is 38.6 Å². The first-order valence-corrected chi connectivity index (χ1v) is 11.5. The molecule has 2 aliphatic carbocycles. The molecule has 2 bridgehead atoms. The number of nitrogens with zero attached hydrogens (tertiary/aromatic N) is 1. The number of amides is 1. The summed E-state index contributed by atoms with van der Waals surface area (Å²) < 4.78 is 11.7. The predicted octanol–water partition coefficient (Wildman–Crippen LogP) is 4.33. The third kappa shape index (κ3) is 3.44. The summed E-state index contributed by atoms with van der Waals surface area (Å²) in [6, 6.07) is 16.6. The fourth-order valence-electron chi connectivity index (χ4n) is 6.07. The molecule has 5 heteroatoms. The van der Waals surface area contributed by atoms with E-state index in [0.717, 1.165) is 6.42 Å². The lowest BCUT2D eigenvalue weighted by atomic mass is 9.78. The third-order valence-electron chi connectivity index (χ3n) is 7.55. The summed E-state index contributed by atoms with van der Waals surface area (Å²) in [5, 5.41) is 11.2. The van der Waals surface area contributed by atoms with Crippen molar-refractivity contribution in [1.82, 2.24) is 4.90 Å². The predicted molar refractivity (Wildman–Crippen MR) is 117 cm³/mol. The highest BCUT2D eigenvalue weighted by atomic mass is 16.6. The van der Waals surface area contributed by atoms with E-state index in [9.17, 15) is 9.90 Å². The molecule has 1 N–H and O–H groups in total. The summed E-state index contributed by atoms with van der Waals surface area (Å²) in [6.45, 7) is 1.29. The van der Waals surface area contributed by atoms with E-state index in [4.69, 9.17) is 9.47 Å². The Morgan fingerprint density at radius 3 is 2.16 bits per heavy atom. The topological polar surface area (TPSA) is 59.0 Å². The Kier molecular flexibility index (Phi) is 4.58. The number of rotatable bonds is 4. The molecule has 0 spiro atoms. The van der Waals surface area contributed by atoms with E-state index < -0.39 is 5.60 Å². The first kappa shape index (κ1) is 19.3. The van der Waals surface area contributed by atoms with Gasteiger partial charge in [-0.05, 0) is 47.4 Å². The Hall–Kier alpha value is -2.37. The standard InChI is InChI=1S/C26H29NO4/c28-25(27-18-12-26(29,11-17-9-10-17)13-19(27)15-30-14-18)31-16-24-22-7-3-1-5-20(22)21-6-2-4-8-23(21)24/h1-8,17-19,24,29H,9-16H2. The third-order valence-corrected chi connectivity index (χ3v) is 7.55. The SMILES string of the molecule is O=C(OCC1c2ccccc2-c2ccccc21)N1C2COCC1CC(O)(CC1CC1)C2. The smallest absolute Gasteiger partial charge is 0.410 e. The van der Waals surface area contributed by atoms with Crippen molar-refractivity contribution in [1.29, 1.82) is 0 Å². The number of morpholine rings is 1. The van der Waals surface area contributed by atoms with Gasteiger partial charge >= 0.3 is 6.09 Å². The molecular weight excluding hydrogens is 390 g/mol. The fourth-order valence-corrected chi connectivity index (χ4v) is 6.07. The molecular formula is C26H29NO4. The van der Waals surface area contributed by atoms with E-state index in [1.165, 1.54) is 35.1 Å². The van der Waals surface area contributed by atoms with Crippen LogP contribution in [0.4, 0.5) is 4.79 Å². The normalized spacial score (nSPS) is 29.4. The van der Waals surface area contributed by atoms with Crippen LogP contribution in [-0.4, -0.2) is 53.6 Å². The summed E-state index contributed by atoms with van der Waals surface area (Å²) in [6.07, 6.45) is 4.22. The number of benzene rings is 2. The summed E-state index contributed by atoms with van der Waals surface area (Å²) in [7, 11) is 0. The number of ether oxygens (including phenoxy) is 2. The van der Waals surface area contributed by atoms with E-state index >= 15 is 0 Å². The van der Waals surface area contributed by atoms with Gasteiger partial charge in [0.1, 0.15) is 6.61 Å². The van der Waals surface area contributed by atoms with Crippen LogP contribution in [0.15, 0.2) is 48.5 Å². The van der Waals surface area contributed by atoms with Crippen LogP contribution in [-0.2, 0) is 9.47 Å². The summed E-state index contributed by atoms with van der Waals surface area (Å²) in [5.74, 6) is 0.719. The molecule has 2 heterocycles. The van der Waals surface area contributed by atoms with Crippen LogP contribution in [0.5, 0.6) is 0 Å². The second kappa shape index (κ2) is 7.35. The molecule has 2 aromatic rings. The molecule has 3 fully saturated rings. The highest BCUT2D eigenvalue weighted by Gasteiger charge is 2.50. The summed E-state index contributed by atoms with van der Waals surface area (Å²) in [5.41, 5.74) is 4.23. The molecule has 2 aliphatic heterocycles. The van der Waals surface area contributed by atoms with Gasteiger partial charge in [0.2, 0.25) is 0 Å². The van der Waals surface area contributed by atoms with E-state index in [-0.39, 0.29) is 24.1 Å². The van der Waals surface area contributed by atoms with Crippen LogP contribution in [0.1, 0.15) is 49.1 Å². The first-order valence-electron chi connectivity index (χ1n) is 11.5. The minimum atomic E-state index is -0.666. The number of carbonyl (C=O) groups excluding carboxylic acids is 1. The van der Waals surface area contributed by atoms with Gasteiger partial charge in [-0.1, -0.05) is 61.4 Å². The van der Waals surface area contributed by atoms with Crippen LogP contribution >= 0.6 is 0 Å². The highest BCUT2D eigenvalue weighted by molar-refractivity contribution is 5.79. The molecule has 31 heavy (non-hydrogen) atoms. The van der Waals surface area contributed by atoms with E-state index in [1.54, 1.807) is 0 Å². The van der Waals surface area contributed by atoms with Gasteiger partial charge in [-0.3, -0.25) is 4.90 Å². The minimum Gasteiger partial charge on any atom is -0.448 e. The Morgan fingerprint density at radius 2 is 1.58 bits per heavy atom. The molecule has 2 saturated heterocycles. The van der Waals surface area contributed by atoms with E-state index in [1.807, 2.05) is 17.0 Å². The molecule has 6 rings (SSSR count). The Labute approximate surface area is 183 Å². The largest absolute Gasteiger partial charge is 0.448 e. The molecule has 5 nitrogen and oxygen atoms in total. The minimum absolute atomic E-state index is 0.0593. The van der Waals surface area contributed by atoms with Gasteiger partial charge in [-0.2, -0.15) is 0 Å². The second-order valence-electron chi connectivity index (χ2n) is 9.84. The molecule has 2 atom stereocenters. The maximum Gasteiger partial charge on any atom is 0.410 e. The van der Waals surface area contributed by atoms with Gasteiger partial charge in [0.25, 0.3) is 0 Å². The first-order chi connectivity index (χ1) is 15.1. The van der Waals surface area contributed by atoms with Crippen molar-refractivity contribution in [2.75, 3.05) is 19.8 Å². The van der Waals surface area contributed by atoms with E-state index in [2.05, 4.69) is 36.4 Å². The molecule has 4 aliphatic rings. The van der Waals surface area contributed by atoms with Crippen LogP contribution < -0.4 is 0 Å². The Bertz CT molecular complexity index is 941. The van der Waals surface area contributed by atoms with Crippen LogP contribution in [0.3, 0.4) is 0 Å². The van der Waals surface area contributed by atoms with Crippen molar-refractivity contribution in [3.8, 4) is 11.1 Å². The fraction of sp³-hybridized carbons (Fsp3) is 0.500. The van der Waals surface area contributed by atoms with Gasteiger partial charge < -0.3 is 14.6 Å². The number of hydrogen-bond acceptors (Lipinski definition) is 4. The average molecular weight is 420 g/mol. The number of carbonyl (C=O) groups is 1. The van der Waals surface area contributed by atoms with Crippen molar-refractivity contribution in [2.24, 2.45) is 5.92 Å². The van der Waals surface area contributed by atoms with Crippen molar-refractivity contribution in [2.45, 2.75) is 55.7 Å². The lowest BCUT2D eigenvalue weighted by Gasteiger charge is -2.51. The highest BCUT2D eigenvalue weighted by Crippen LogP contribution is 2.46. The summed E-state index contributed by atoms with van der Waals surface area (Å²) in [4.78, 5) is 15.1. The van der Waals surface area contributed by atoms with Gasteiger partial charge in [0, 0.05) is 5.92 Å². The number of aliphatic hydroxyl groups is 1. The van der Waals surface area contributed by atoms with Gasteiger partial charge in [-0.25, -0.2) is 4.79 Å². The summed E-state index contributed by atoms with van der Waals surface area (Å²) >= 11 is 0. The number of piperidine rings is 1. The van der Waals surface area contributed by atoms with Crippen molar-refractivity contribution < 1.29 is 19.4 Å². The quantitative estimate of drug-likeness (QED) is 0.801. The van der Waals surface area contributed by atoms with Crippen LogP contribution in [0.2, 0.25) is 0 Å². The lowest BCUT2D eigenvalue weighted by Crippen LogP contribution is -2.63. The zero-order chi connectivity index (χ0) is 21.0. The molecule has 162 valence electrons. The molecule has 1 amide bonds. The van der Waals surface area contributed by atoms with Crippen molar-refractivity contribution in [3.05, 3.63) is 59.7 Å². The van der Waals surface area contributed by atoms with Crippen LogP contribution in [0, 0.1) is 5.92 Å². The monoisotopic (exact) mass is 419 g/mol. The van der Waals surface area contributed by atoms with Crippen LogP contribution in [0.25, 0.3) is 11.1 Å². The van der Waals surface area contributed by atoms with Gasteiger partial charge in [0.05, 0.1) is 30.9 Å². The Morgan fingerprint density at radius 1 is 1.00 bits per heavy atom. The molecule has 2 unspecified atom stereocenters.